The topological polar surface area (TPSA) is 83.3 Å². The molecular weight excluding hydrogens is 312 g/mol. The summed E-state index contributed by atoms with van der Waals surface area (Å²) in [5.41, 5.74) is 0.120. The highest BCUT2D eigenvalue weighted by molar-refractivity contribution is 7.92. The Kier molecular flexibility index (Phi) is 4.27. The van der Waals surface area contributed by atoms with Crippen LogP contribution in [0.15, 0.2) is 9.13 Å². The van der Waals surface area contributed by atoms with Crippen molar-refractivity contribution in [1.82, 2.24) is 19.4 Å². The summed E-state index contributed by atoms with van der Waals surface area (Å²) in [5, 5.41) is 0. The number of thiazole rings is 1. The van der Waals surface area contributed by atoms with Gasteiger partial charge in [0.1, 0.15) is 12.1 Å². The Balaban J connectivity index is 1.98. The van der Waals surface area contributed by atoms with E-state index < -0.39 is 11.2 Å². The standard InChI is InChI=1S/C12H16N4O3S2/c1-15-8(7-16-3-5-19-6-4-16)13-10-9(11(15)17)14-12(20-10)21(2)18/h3-7H2,1-2H3. The van der Waals surface area contributed by atoms with E-state index in [0.29, 0.717) is 40.3 Å². The molecule has 0 aliphatic carbocycles. The molecule has 0 spiro atoms. The molecule has 0 radical (unpaired) electrons. The monoisotopic (exact) mass is 328 g/mol. The molecule has 1 fully saturated rings. The van der Waals surface area contributed by atoms with Gasteiger partial charge in [-0.3, -0.25) is 14.3 Å². The van der Waals surface area contributed by atoms with Gasteiger partial charge in [0.2, 0.25) is 0 Å². The van der Waals surface area contributed by atoms with Crippen LogP contribution in [0.4, 0.5) is 0 Å². The molecule has 1 aliphatic rings. The van der Waals surface area contributed by atoms with Crippen LogP contribution in [0.2, 0.25) is 0 Å². The second kappa shape index (κ2) is 6.01. The van der Waals surface area contributed by atoms with Crippen LogP contribution >= 0.6 is 11.3 Å². The first-order chi connectivity index (χ1) is 10.1. The van der Waals surface area contributed by atoms with E-state index >= 15 is 0 Å². The molecule has 0 amide bonds. The molecule has 1 unspecified atom stereocenters. The molecule has 0 N–H and O–H groups in total. The molecule has 0 aromatic carbocycles. The summed E-state index contributed by atoms with van der Waals surface area (Å²) in [5.74, 6) is 0.700. The molecule has 2 aromatic heterocycles. The molecule has 0 bridgehead atoms. The number of nitrogens with zero attached hydrogens (tertiary/aromatic N) is 4. The van der Waals surface area contributed by atoms with E-state index in [2.05, 4.69) is 14.9 Å². The molecule has 2 aromatic rings. The van der Waals surface area contributed by atoms with E-state index in [4.69, 9.17) is 4.74 Å². The number of hydrogen-bond donors (Lipinski definition) is 0. The van der Waals surface area contributed by atoms with Crippen LogP contribution in [-0.2, 0) is 29.5 Å². The third-order valence-corrected chi connectivity index (χ3v) is 5.71. The molecule has 1 atom stereocenters. The van der Waals surface area contributed by atoms with E-state index in [0.717, 1.165) is 13.1 Å². The van der Waals surface area contributed by atoms with Gasteiger partial charge >= 0.3 is 4.34 Å². The van der Waals surface area contributed by atoms with E-state index in [-0.39, 0.29) is 5.56 Å². The zero-order valence-electron chi connectivity index (χ0n) is 11.9. The van der Waals surface area contributed by atoms with Crippen molar-refractivity contribution in [3.63, 3.8) is 0 Å². The number of morpholine rings is 1. The van der Waals surface area contributed by atoms with Gasteiger partial charge in [-0.15, -0.1) is 0 Å². The van der Waals surface area contributed by atoms with Crippen molar-refractivity contribution in [2.75, 3.05) is 32.6 Å². The lowest BCUT2D eigenvalue weighted by Gasteiger charge is -2.26. The lowest BCUT2D eigenvalue weighted by molar-refractivity contribution is 0.0326. The molecule has 114 valence electrons. The maximum Gasteiger partial charge on any atom is 0.304 e. The van der Waals surface area contributed by atoms with Gasteiger partial charge in [0, 0.05) is 31.3 Å². The summed E-state index contributed by atoms with van der Waals surface area (Å²) in [6, 6.07) is 0. The van der Waals surface area contributed by atoms with Crippen molar-refractivity contribution in [1.29, 1.82) is 0 Å². The molecule has 9 heteroatoms. The first-order valence-electron chi connectivity index (χ1n) is 6.56. The molecule has 1 saturated heterocycles. The van der Waals surface area contributed by atoms with Gasteiger partial charge in [-0.05, 0) is 11.3 Å². The Morgan fingerprint density at radius 1 is 1.38 bits per heavy atom. The zero-order chi connectivity index (χ0) is 15.0. The van der Waals surface area contributed by atoms with Crippen molar-refractivity contribution in [3.05, 3.63) is 16.2 Å². The fourth-order valence-electron chi connectivity index (χ4n) is 2.20. The fourth-order valence-corrected chi connectivity index (χ4v) is 3.81. The van der Waals surface area contributed by atoms with Crippen LogP contribution in [0, 0.1) is 0 Å². The predicted molar refractivity (Wildman–Crippen MR) is 81.1 cm³/mol. The normalized spacial score (nSPS) is 18.2. The first kappa shape index (κ1) is 14.9. The van der Waals surface area contributed by atoms with Crippen LogP contribution in [0.1, 0.15) is 5.82 Å². The number of aromatic nitrogens is 3. The average Bonchev–Trinajstić information content (AvgIpc) is 2.90. The SMILES string of the molecule is Cn1c(CN2CCOCC2)nc2sc([S+](C)[O-])nc2c1=O. The van der Waals surface area contributed by atoms with E-state index in [1.54, 1.807) is 13.3 Å². The summed E-state index contributed by atoms with van der Waals surface area (Å²) in [6.45, 7) is 3.68. The van der Waals surface area contributed by atoms with Gasteiger partial charge < -0.3 is 9.29 Å². The maximum absolute atomic E-state index is 12.4. The summed E-state index contributed by atoms with van der Waals surface area (Å²) < 4.78 is 18.8. The Morgan fingerprint density at radius 3 is 2.76 bits per heavy atom. The summed E-state index contributed by atoms with van der Waals surface area (Å²) in [4.78, 5) is 23.8. The number of rotatable bonds is 3. The molecule has 21 heavy (non-hydrogen) atoms. The fraction of sp³-hybridized carbons (Fsp3) is 0.583. The van der Waals surface area contributed by atoms with Crippen LogP contribution < -0.4 is 5.56 Å². The second-order valence-corrected chi connectivity index (χ2v) is 7.40. The predicted octanol–water partition coefficient (Wildman–Crippen LogP) is -0.0404. The van der Waals surface area contributed by atoms with Crippen molar-refractivity contribution in [2.24, 2.45) is 7.05 Å². The molecule has 7 nitrogen and oxygen atoms in total. The van der Waals surface area contributed by atoms with Crippen LogP contribution in [0.3, 0.4) is 0 Å². The minimum absolute atomic E-state index is 0.184. The third kappa shape index (κ3) is 2.97. The quantitative estimate of drug-likeness (QED) is 0.735. The van der Waals surface area contributed by atoms with E-state index in [1.165, 1.54) is 15.9 Å². The minimum Gasteiger partial charge on any atom is -0.610 e. The Morgan fingerprint density at radius 2 is 2.10 bits per heavy atom. The van der Waals surface area contributed by atoms with Crippen LogP contribution in [0.5, 0.6) is 0 Å². The minimum atomic E-state index is -1.20. The number of ether oxygens (including phenoxy) is 1. The van der Waals surface area contributed by atoms with Gasteiger partial charge in [0.25, 0.3) is 5.56 Å². The van der Waals surface area contributed by atoms with Gasteiger partial charge in [-0.2, -0.15) is 4.98 Å². The number of fused-ring (bicyclic) bond motifs is 1. The highest BCUT2D eigenvalue weighted by Crippen LogP contribution is 2.22. The second-order valence-electron chi connectivity index (χ2n) is 4.87. The summed E-state index contributed by atoms with van der Waals surface area (Å²) >= 11 is 0.0285. The zero-order valence-corrected chi connectivity index (χ0v) is 13.5. The molecule has 1 aliphatic heterocycles. The largest absolute Gasteiger partial charge is 0.610 e. The highest BCUT2D eigenvalue weighted by atomic mass is 32.2. The van der Waals surface area contributed by atoms with Crippen molar-refractivity contribution in [3.8, 4) is 0 Å². The maximum atomic E-state index is 12.4. The smallest absolute Gasteiger partial charge is 0.304 e. The lowest BCUT2D eigenvalue weighted by Crippen LogP contribution is -2.37. The molecule has 3 heterocycles. The third-order valence-electron chi connectivity index (χ3n) is 3.43. The Hall–Kier alpha value is -1.00. The van der Waals surface area contributed by atoms with Crippen LogP contribution in [0.25, 0.3) is 10.3 Å². The molecular formula is C12H16N4O3S2. The number of hydrogen-bond acceptors (Lipinski definition) is 7. The van der Waals surface area contributed by atoms with E-state index in [1.807, 2.05) is 0 Å². The van der Waals surface area contributed by atoms with Gasteiger partial charge in [-0.1, -0.05) is 0 Å². The van der Waals surface area contributed by atoms with Crippen molar-refractivity contribution in [2.45, 2.75) is 10.9 Å². The lowest BCUT2D eigenvalue weighted by atomic mass is 10.4. The van der Waals surface area contributed by atoms with Gasteiger partial charge in [-0.25, -0.2) is 4.98 Å². The first-order valence-corrected chi connectivity index (χ1v) is 8.93. The van der Waals surface area contributed by atoms with Gasteiger partial charge in [0.15, 0.2) is 10.3 Å². The summed E-state index contributed by atoms with van der Waals surface area (Å²) in [6.07, 6.45) is 1.55. The Bertz CT molecular complexity index is 706. The van der Waals surface area contributed by atoms with Crippen LogP contribution in [-0.4, -0.2) is 56.5 Å². The van der Waals surface area contributed by atoms with Crippen molar-refractivity contribution >= 4 is 32.9 Å². The van der Waals surface area contributed by atoms with Gasteiger partial charge in [0.05, 0.1) is 19.8 Å². The molecule has 3 rings (SSSR count). The average molecular weight is 328 g/mol. The van der Waals surface area contributed by atoms with E-state index in [9.17, 15) is 9.35 Å². The highest BCUT2D eigenvalue weighted by Gasteiger charge is 2.20. The molecule has 0 saturated carbocycles. The van der Waals surface area contributed by atoms with Crippen molar-refractivity contribution < 1.29 is 9.29 Å². The Labute approximate surface area is 128 Å². The summed E-state index contributed by atoms with van der Waals surface area (Å²) in [7, 11) is 1.70.